The highest BCUT2D eigenvalue weighted by atomic mass is 19.1. The van der Waals surface area contributed by atoms with Crippen molar-refractivity contribution >= 4 is 23.9 Å². The van der Waals surface area contributed by atoms with Gasteiger partial charge in [0.2, 0.25) is 0 Å². The number of carboxylic acid groups (broad SMARTS) is 1. The van der Waals surface area contributed by atoms with E-state index < -0.39 is 89.6 Å². The zero-order chi connectivity index (χ0) is 41.7. The van der Waals surface area contributed by atoms with Crippen LogP contribution in [0, 0.1) is 28.8 Å². The molecule has 1 saturated heterocycles. The minimum absolute atomic E-state index is 0.0701. The van der Waals surface area contributed by atoms with E-state index >= 15 is 8.78 Å². The third-order valence-corrected chi connectivity index (χ3v) is 8.96. The maximum Gasteiger partial charge on any atom is 0.410 e. The van der Waals surface area contributed by atoms with Gasteiger partial charge in [0.15, 0.2) is 12.9 Å². The summed E-state index contributed by atoms with van der Waals surface area (Å²) in [5, 5.41) is 10.1. The van der Waals surface area contributed by atoms with Crippen LogP contribution >= 0.6 is 0 Å². The SMILES string of the molecule is COCOc1cc(F)cc(Cn2cc(-c3cc(F)ccc3F)nc2[C@H](N(C[C@@H]2CN(C(=O)OC(C)(C)C)C[C@@H]2F)C(=O)[C@H](C)OC(C)=O)C(C)(C)CC(=O)O)c1. The number of esters is 1. The van der Waals surface area contributed by atoms with Gasteiger partial charge in [-0.15, -0.1) is 0 Å². The fraction of sp³-hybridized carbons (Fsp3) is 0.513. The molecule has 4 rings (SSSR count). The van der Waals surface area contributed by atoms with Crippen molar-refractivity contribution in [3.63, 3.8) is 0 Å². The second-order valence-electron chi connectivity index (χ2n) is 15.4. The Kier molecular flexibility index (Phi) is 13.8. The Morgan fingerprint density at radius 3 is 2.34 bits per heavy atom. The largest absolute Gasteiger partial charge is 0.481 e. The van der Waals surface area contributed by atoms with Crippen molar-refractivity contribution in [3.05, 3.63) is 71.4 Å². The lowest BCUT2D eigenvalue weighted by Gasteiger charge is -2.43. The number of rotatable bonds is 15. The lowest BCUT2D eigenvalue weighted by molar-refractivity contribution is -0.161. The van der Waals surface area contributed by atoms with Crippen molar-refractivity contribution in [3.8, 4) is 17.0 Å². The van der Waals surface area contributed by atoms with E-state index in [1.54, 1.807) is 20.8 Å². The summed E-state index contributed by atoms with van der Waals surface area (Å²) in [5.41, 5.74) is -2.47. The fourth-order valence-electron chi connectivity index (χ4n) is 6.70. The summed E-state index contributed by atoms with van der Waals surface area (Å²) in [4.78, 5) is 59.0. The number of carbonyl (C=O) groups is 4. The van der Waals surface area contributed by atoms with Crippen LogP contribution in [0.2, 0.25) is 0 Å². The average Bonchev–Trinajstić information content (AvgIpc) is 3.64. The first-order valence-corrected chi connectivity index (χ1v) is 17.8. The first-order valence-electron chi connectivity index (χ1n) is 17.8. The Morgan fingerprint density at radius 1 is 1.02 bits per heavy atom. The molecular formula is C39H48F4N4O9. The third-order valence-electron chi connectivity index (χ3n) is 8.96. The Hall–Kier alpha value is -5.19. The van der Waals surface area contributed by atoms with Crippen LogP contribution in [0.15, 0.2) is 42.6 Å². The number of carbonyl (C=O) groups excluding carboxylic acids is 3. The van der Waals surface area contributed by atoms with Gasteiger partial charge in [-0.2, -0.15) is 0 Å². The van der Waals surface area contributed by atoms with E-state index in [0.717, 1.165) is 41.0 Å². The number of likely N-dealkylation sites (tertiary alicyclic amines) is 1. The number of halogens is 4. The van der Waals surface area contributed by atoms with Gasteiger partial charge < -0.3 is 38.4 Å². The number of nitrogens with zero attached hydrogens (tertiary/aromatic N) is 4. The molecule has 2 amide bonds. The van der Waals surface area contributed by atoms with Gasteiger partial charge in [0.25, 0.3) is 5.91 Å². The molecule has 17 heteroatoms. The predicted octanol–water partition coefficient (Wildman–Crippen LogP) is 6.53. The molecule has 0 unspecified atom stereocenters. The highest BCUT2D eigenvalue weighted by Gasteiger charge is 2.47. The van der Waals surface area contributed by atoms with Crippen LogP contribution in [0.4, 0.5) is 22.4 Å². The molecule has 0 saturated carbocycles. The molecule has 2 heterocycles. The fourth-order valence-corrected chi connectivity index (χ4v) is 6.70. The summed E-state index contributed by atoms with van der Waals surface area (Å²) in [6, 6.07) is 5.11. The second-order valence-corrected chi connectivity index (χ2v) is 15.4. The van der Waals surface area contributed by atoms with Gasteiger partial charge in [-0.3, -0.25) is 14.4 Å². The smallest absolute Gasteiger partial charge is 0.410 e. The molecule has 1 aromatic heterocycles. The van der Waals surface area contributed by atoms with Crippen LogP contribution in [-0.2, 0) is 35.1 Å². The van der Waals surface area contributed by atoms with Crippen molar-refractivity contribution in [2.45, 2.75) is 85.4 Å². The van der Waals surface area contributed by atoms with Gasteiger partial charge in [0.1, 0.15) is 40.8 Å². The lowest BCUT2D eigenvalue weighted by Crippen LogP contribution is -2.50. The van der Waals surface area contributed by atoms with E-state index in [1.165, 1.54) is 50.8 Å². The van der Waals surface area contributed by atoms with Crippen molar-refractivity contribution in [1.29, 1.82) is 0 Å². The lowest BCUT2D eigenvalue weighted by atomic mass is 9.79. The van der Waals surface area contributed by atoms with E-state index in [-0.39, 0.29) is 54.8 Å². The zero-order valence-corrected chi connectivity index (χ0v) is 32.6. The minimum Gasteiger partial charge on any atom is -0.481 e. The minimum atomic E-state index is -1.68. The molecule has 1 fully saturated rings. The van der Waals surface area contributed by atoms with Crippen molar-refractivity contribution in [2.75, 3.05) is 33.5 Å². The van der Waals surface area contributed by atoms with Crippen molar-refractivity contribution in [2.24, 2.45) is 11.3 Å². The number of aromatic nitrogens is 2. The molecule has 0 aliphatic carbocycles. The molecule has 2 aromatic carbocycles. The summed E-state index contributed by atoms with van der Waals surface area (Å²) >= 11 is 0. The van der Waals surface area contributed by atoms with E-state index in [4.69, 9.17) is 18.9 Å². The summed E-state index contributed by atoms with van der Waals surface area (Å²) < 4.78 is 83.2. The number of aliphatic carboxylic acids is 1. The topological polar surface area (TPSA) is 150 Å². The van der Waals surface area contributed by atoms with Gasteiger partial charge in [-0.05, 0) is 63.6 Å². The number of alkyl halides is 1. The molecule has 13 nitrogen and oxygen atoms in total. The molecular weight excluding hydrogens is 744 g/mol. The molecule has 4 atom stereocenters. The molecule has 1 aliphatic rings. The molecule has 0 radical (unpaired) electrons. The van der Waals surface area contributed by atoms with Gasteiger partial charge in [0.05, 0.1) is 24.7 Å². The third kappa shape index (κ3) is 11.2. The van der Waals surface area contributed by atoms with Gasteiger partial charge >= 0.3 is 18.0 Å². The summed E-state index contributed by atoms with van der Waals surface area (Å²) in [7, 11) is 1.38. The number of carboxylic acids is 1. The van der Waals surface area contributed by atoms with E-state index in [1.807, 2.05) is 0 Å². The number of hydrogen-bond acceptors (Lipinski definition) is 9. The highest BCUT2D eigenvalue weighted by molar-refractivity contribution is 5.83. The monoisotopic (exact) mass is 792 g/mol. The number of methoxy groups -OCH3 is 1. The maximum absolute atomic E-state index is 16.0. The van der Waals surface area contributed by atoms with E-state index in [0.29, 0.717) is 0 Å². The highest BCUT2D eigenvalue weighted by Crippen LogP contribution is 2.43. The average molecular weight is 793 g/mol. The quantitative estimate of drug-likeness (QED) is 0.102. The van der Waals surface area contributed by atoms with Crippen LogP contribution in [0.5, 0.6) is 5.75 Å². The number of benzene rings is 2. The first kappa shape index (κ1) is 43.5. The van der Waals surface area contributed by atoms with Crippen LogP contribution in [-0.4, -0.2) is 99.8 Å². The molecule has 306 valence electrons. The van der Waals surface area contributed by atoms with Crippen LogP contribution in [0.25, 0.3) is 11.3 Å². The van der Waals surface area contributed by atoms with Crippen LogP contribution in [0.3, 0.4) is 0 Å². The summed E-state index contributed by atoms with van der Waals surface area (Å²) in [5.74, 6) is -6.30. The normalized spacial score (nSPS) is 17.0. The number of hydrogen-bond donors (Lipinski definition) is 1. The summed E-state index contributed by atoms with van der Waals surface area (Å²) in [6.07, 6.45) is -3.18. The Balaban J connectivity index is 1.96. The zero-order valence-electron chi connectivity index (χ0n) is 32.6. The molecule has 56 heavy (non-hydrogen) atoms. The molecule has 1 N–H and O–H groups in total. The summed E-state index contributed by atoms with van der Waals surface area (Å²) in [6.45, 7) is 8.96. The Bertz CT molecular complexity index is 1910. The molecule has 3 aromatic rings. The molecule has 0 bridgehead atoms. The van der Waals surface area contributed by atoms with E-state index in [2.05, 4.69) is 4.98 Å². The van der Waals surface area contributed by atoms with Crippen LogP contribution < -0.4 is 4.74 Å². The maximum atomic E-state index is 16.0. The van der Waals surface area contributed by atoms with Gasteiger partial charge in [-0.1, -0.05) is 13.8 Å². The predicted molar refractivity (Wildman–Crippen MR) is 193 cm³/mol. The number of amides is 2. The van der Waals surface area contributed by atoms with Gasteiger partial charge in [0, 0.05) is 62.8 Å². The molecule has 0 spiro atoms. The van der Waals surface area contributed by atoms with E-state index in [9.17, 15) is 33.1 Å². The second kappa shape index (κ2) is 17.7. The van der Waals surface area contributed by atoms with Gasteiger partial charge in [-0.25, -0.2) is 27.3 Å². The Labute approximate surface area is 322 Å². The van der Waals surface area contributed by atoms with Crippen molar-refractivity contribution in [1.82, 2.24) is 19.4 Å². The Morgan fingerprint density at radius 2 is 1.71 bits per heavy atom. The first-order chi connectivity index (χ1) is 26.1. The molecule has 1 aliphatic heterocycles. The standard InChI is InChI=1S/C39H48F4N4O9/c1-22(55-23(2)48)36(51)47(18-25-17-46(19-31(25)43)37(52)56-38(3,4)5)34(39(6,7)15-33(49)50)35-44-32(29-14-26(40)9-10-30(29)42)20-45(35)16-24-11-27(41)13-28(12-24)54-21-53-8/h9-14,20,22,25,31,34H,15-19,21H2,1-8H3,(H,49,50)/t22-,25-,31-,34-/m0/s1. The number of imidazole rings is 1. The number of ether oxygens (including phenoxy) is 4. The van der Waals surface area contributed by atoms with Crippen molar-refractivity contribution < 1.29 is 60.8 Å². The van der Waals surface area contributed by atoms with Crippen LogP contribution in [0.1, 0.15) is 72.3 Å².